The minimum absolute atomic E-state index is 0.117. The Balaban J connectivity index is 3.37. The van der Waals surface area contributed by atoms with Gasteiger partial charge in [0.1, 0.15) is 0 Å². The zero-order valence-electron chi connectivity index (χ0n) is 10.1. The average Bonchev–Trinajstić information content (AvgIpc) is 2.36. The van der Waals surface area contributed by atoms with E-state index in [9.17, 15) is 13.6 Å². The summed E-state index contributed by atoms with van der Waals surface area (Å²) in [4.78, 5) is 15.3. The molecule has 0 bridgehead atoms. The highest BCUT2D eigenvalue weighted by Crippen LogP contribution is 2.34. The van der Waals surface area contributed by atoms with Crippen molar-refractivity contribution in [2.75, 3.05) is 13.7 Å². The number of alkyl halides is 2. The summed E-state index contributed by atoms with van der Waals surface area (Å²) < 4.78 is 35.5. The van der Waals surface area contributed by atoms with Crippen molar-refractivity contribution >= 4 is 5.97 Å². The molecule has 1 rings (SSSR count). The van der Waals surface area contributed by atoms with E-state index in [1.165, 1.54) is 7.11 Å². The smallest absolute Gasteiger partial charge is 0.360 e. The van der Waals surface area contributed by atoms with Crippen molar-refractivity contribution in [3.8, 4) is 5.75 Å². The molecule has 0 saturated heterocycles. The number of carbonyl (C=O) groups is 1. The number of pyridine rings is 1. The van der Waals surface area contributed by atoms with Gasteiger partial charge in [-0.1, -0.05) is 0 Å². The van der Waals surface area contributed by atoms with Gasteiger partial charge in [-0.2, -0.15) is 0 Å². The van der Waals surface area contributed by atoms with Crippen LogP contribution in [0.4, 0.5) is 8.78 Å². The SMILES string of the molecule is CCOC(=O)c1ncc(CN)c(C(F)F)c1OC. The number of aromatic nitrogens is 1. The monoisotopic (exact) mass is 260 g/mol. The van der Waals surface area contributed by atoms with Crippen LogP contribution in [0.15, 0.2) is 6.20 Å². The van der Waals surface area contributed by atoms with Gasteiger partial charge < -0.3 is 15.2 Å². The number of rotatable bonds is 5. The summed E-state index contributed by atoms with van der Waals surface area (Å²) in [5.74, 6) is -1.09. The van der Waals surface area contributed by atoms with Gasteiger partial charge in [-0.05, 0) is 12.5 Å². The van der Waals surface area contributed by atoms with Crippen molar-refractivity contribution < 1.29 is 23.0 Å². The predicted molar refractivity (Wildman–Crippen MR) is 59.6 cm³/mol. The van der Waals surface area contributed by atoms with Gasteiger partial charge in [0, 0.05) is 12.7 Å². The van der Waals surface area contributed by atoms with Crippen LogP contribution in [-0.4, -0.2) is 24.7 Å². The van der Waals surface area contributed by atoms with E-state index in [0.29, 0.717) is 0 Å². The Morgan fingerprint density at radius 2 is 2.22 bits per heavy atom. The lowest BCUT2D eigenvalue weighted by atomic mass is 10.1. The van der Waals surface area contributed by atoms with Gasteiger partial charge in [-0.15, -0.1) is 0 Å². The Hall–Kier alpha value is -1.76. The number of nitrogens with two attached hydrogens (primary N) is 1. The van der Waals surface area contributed by atoms with Crippen LogP contribution in [0, 0.1) is 0 Å². The largest absolute Gasteiger partial charge is 0.494 e. The molecule has 0 aliphatic rings. The minimum Gasteiger partial charge on any atom is -0.494 e. The Bertz CT molecular complexity index is 439. The van der Waals surface area contributed by atoms with Crippen molar-refractivity contribution in [3.63, 3.8) is 0 Å². The Morgan fingerprint density at radius 3 is 2.67 bits per heavy atom. The van der Waals surface area contributed by atoms with Crippen molar-refractivity contribution in [1.82, 2.24) is 4.98 Å². The number of hydrogen-bond donors (Lipinski definition) is 1. The van der Waals surface area contributed by atoms with Crippen LogP contribution in [0.3, 0.4) is 0 Å². The molecule has 0 radical (unpaired) electrons. The highest BCUT2D eigenvalue weighted by Gasteiger charge is 2.26. The molecule has 0 atom stereocenters. The molecule has 0 fully saturated rings. The molecule has 5 nitrogen and oxygen atoms in total. The molecule has 2 N–H and O–H groups in total. The summed E-state index contributed by atoms with van der Waals surface area (Å²) >= 11 is 0. The van der Waals surface area contributed by atoms with Gasteiger partial charge in [0.2, 0.25) is 0 Å². The third-order valence-corrected chi connectivity index (χ3v) is 2.27. The van der Waals surface area contributed by atoms with Crippen LogP contribution >= 0.6 is 0 Å². The van der Waals surface area contributed by atoms with Crippen LogP contribution < -0.4 is 10.5 Å². The quantitative estimate of drug-likeness (QED) is 0.815. The molecule has 18 heavy (non-hydrogen) atoms. The molecule has 0 aromatic carbocycles. The first-order valence-corrected chi connectivity index (χ1v) is 5.27. The van der Waals surface area contributed by atoms with Gasteiger partial charge in [-0.3, -0.25) is 0 Å². The maximum atomic E-state index is 13.0. The average molecular weight is 260 g/mol. The Morgan fingerprint density at radius 1 is 1.56 bits per heavy atom. The Kier molecular flexibility index (Phi) is 4.96. The molecule has 1 aromatic heterocycles. The molecule has 0 spiro atoms. The topological polar surface area (TPSA) is 74.4 Å². The minimum atomic E-state index is -2.81. The number of nitrogens with zero attached hydrogens (tertiary/aromatic N) is 1. The first-order valence-electron chi connectivity index (χ1n) is 5.27. The molecular weight excluding hydrogens is 246 g/mol. The fourth-order valence-corrected chi connectivity index (χ4v) is 1.50. The zero-order chi connectivity index (χ0) is 13.7. The van der Waals surface area contributed by atoms with Crippen LogP contribution in [0.5, 0.6) is 5.75 Å². The lowest BCUT2D eigenvalue weighted by Gasteiger charge is -2.14. The van der Waals surface area contributed by atoms with Gasteiger partial charge in [0.25, 0.3) is 6.43 Å². The highest BCUT2D eigenvalue weighted by molar-refractivity contribution is 5.91. The number of halogens is 2. The van der Waals surface area contributed by atoms with E-state index in [1.807, 2.05) is 0 Å². The third kappa shape index (κ3) is 2.73. The second kappa shape index (κ2) is 6.25. The van der Waals surface area contributed by atoms with Crippen molar-refractivity contribution in [3.05, 3.63) is 23.0 Å². The predicted octanol–water partition coefficient (Wildman–Crippen LogP) is 1.66. The second-order valence-electron chi connectivity index (χ2n) is 3.30. The second-order valence-corrected chi connectivity index (χ2v) is 3.30. The fourth-order valence-electron chi connectivity index (χ4n) is 1.50. The van der Waals surface area contributed by atoms with Crippen molar-refractivity contribution in [2.45, 2.75) is 19.9 Å². The molecule has 1 aromatic rings. The van der Waals surface area contributed by atoms with Crippen molar-refractivity contribution in [1.29, 1.82) is 0 Å². The number of carbonyl (C=O) groups excluding carboxylic acids is 1. The van der Waals surface area contributed by atoms with E-state index in [0.717, 1.165) is 6.20 Å². The maximum absolute atomic E-state index is 13.0. The van der Waals surface area contributed by atoms with E-state index in [2.05, 4.69) is 4.98 Å². The summed E-state index contributed by atoms with van der Waals surface area (Å²) in [7, 11) is 1.19. The zero-order valence-corrected chi connectivity index (χ0v) is 10.1. The van der Waals surface area contributed by atoms with Gasteiger partial charge in [0.15, 0.2) is 11.4 Å². The highest BCUT2D eigenvalue weighted by atomic mass is 19.3. The van der Waals surface area contributed by atoms with Gasteiger partial charge in [0.05, 0.1) is 19.3 Å². The molecule has 0 aliphatic heterocycles. The number of methoxy groups -OCH3 is 1. The van der Waals surface area contributed by atoms with Gasteiger partial charge in [-0.25, -0.2) is 18.6 Å². The standard InChI is InChI=1S/C11H14F2N2O3/c1-3-18-11(16)8-9(17-2)7(10(12)13)6(4-14)5-15-8/h5,10H,3-4,14H2,1-2H3. The molecule has 100 valence electrons. The van der Waals surface area contributed by atoms with Crippen LogP contribution in [0.25, 0.3) is 0 Å². The Labute approximate surface area is 103 Å². The van der Waals surface area contributed by atoms with E-state index >= 15 is 0 Å². The summed E-state index contributed by atoms with van der Waals surface area (Å²) in [5.41, 5.74) is 4.80. The normalized spacial score (nSPS) is 10.6. The fraction of sp³-hybridized carbons (Fsp3) is 0.455. The number of esters is 1. The molecule has 1 heterocycles. The molecule has 0 amide bonds. The maximum Gasteiger partial charge on any atom is 0.360 e. The summed E-state index contributed by atoms with van der Waals surface area (Å²) in [6.07, 6.45) is -1.68. The molecule has 0 saturated carbocycles. The third-order valence-electron chi connectivity index (χ3n) is 2.27. The summed E-state index contributed by atoms with van der Waals surface area (Å²) in [6.45, 7) is 1.60. The summed E-state index contributed by atoms with van der Waals surface area (Å²) in [5, 5.41) is 0. The van der Waals surface area contributed by atoms with E-state index < -0.39 is 18.0 Å². The lowest BCUT2D eigenvalue weighted by Crippen LogP contribution is -2.14. The summed E-state index contributed by atoms with van der Waals surface area (Å²) in [6, 6.07) is 0. The van der Waals surface area contributed by atoms with Gasteiger partial charge >= 0.3 is 5.97 Å². The molecule has 7 heteroatoms. The van der Waals surface area contributed by atoms with Crippen LogP contribution in [0.2, 0.25) is 0 Å². The first kappa shape index (κ1) is 14.3. The van der Waals surface area contributed by atoms with Crippen LogP contribution in [-0.2, 0) is 11.3 Å². The lowest BCUT2D eigenvalue weighted by molar-refractivity contribution is 0.0514. The van der Waals surface area contributed by atoms with E-state index in [1.54, 1.807) is 6.92 Å². The first-order chi connectivity index (χ1) is 8.56. The van der Waals surface area contributed by atoms with Crippen molar-refractivity contribution in [2.24, 2.45) is 5.73 Å². The number of hydrogen-bond acceptors (Lipinski definition) is 5. The molecule has 0 unspecified atom stereocenters. The van der Waals surface area contributed by atoms with E-state index in [4.69, 9.17) is 15.2 Å². The number of ether oxygens (including phenoxy) is 2. The van der Waals surface area contributed by atoms with E-state index in [-0.39, 0.29) is 30.2 Å². The molecule has 0 aliphatic carbocycles. The molecular formula is C11H14F2N2O3. The van der Waals surface area contributed by atoms with Crippen LogP contribution in [0.1, 0.15) is 35.0 Å².